The van der Waals surface area contributed by atoms with Gasteiger partial charge in [0.2, 0.25) is 0 Å². The van der Waals surface area contributed by atoms with Gasteiger partial charge in [0.25, 0.3) is 0 Å². The summed E-state index contributed by atoms with van der Waals surface area (Å²) in [6, 6.07) is 2.03. The number of aromatic nitrogens is 3. The summed E-state index contributed by atoms with van der Waals surface area (Å²) >= 11 is 3.43. The van der Waals surface area contributed by atoms with E-state index in [-0.39, 0.29) is 0 Å². The highest BCUT2D eigenvalue weighted by Crippen LogP contribution is 2.25. The van der Waals surface area contributed by atoms with Gasteiger partial charge in [0.05, 0.1) is 5.52 Å². The van der Waals surface area contributed by atoms with Crippen molar-refractivity contribution >= 4 is 27.1 Å². The lowest BCUT2D eigenvalue weighted by atomic mass is 9.99. The number of rotatable bonds is 5. The molecule has 1 atom stereocenters. The van der Waals surface area contributed by atoms with E-state index in [9.17, 15) is 0 Å². The van der Waals surface area contributed by atoms with Gasteiger partial charge in [0.1, 0.15) is 5.82 Å². The molecule has 3 nitrogen and oxygen atoms in total. The van der Waals surface area contributed by atoms with Gasteiger partial charge in [-0.2, -0.15) is 0 Å². The predicted octanol–water partition coefficient (Wildman–Crippen LogP) is 4.40. The molecular weight excluding hydrogens is 278 g/mol. The summed E-state index contributed by atoms with van der Waals surface area (Å²) in [5, 5.41) is 0. The quantitative estimate of drug-likeness (QED) is 0.888. The zero-order valence-corrected chi connectivity index (χ0v) is 11.9. The molecule has 4 heteroatoms. The highest BCUT2D eigenvalue weighted by Gasteiger charge is 2.14. The fourth-order valence-corrected chi connectivity index (χ4v) is 2.40. The molecule has 92 valence electrons. The van der Waals surface area contributed by atoms with Crippen LogP contribution in [0.2, 0.25) is 0 Å². The summed E-state index contributed by atoms with van der Waals surface area (Å²) in [6.45, 7) is 4.45. The summed E-state index contributed by atoms with van der Waals surface area (Å²) in [6.07, 6.45) is 6.61. The lowest BCUT2D eigenvalue weighted by Crippen LogP contribution is -1.99. The molecule has 0 spiro atoms. The smallest absolute Gasteiger partial charge is 0.177 e. The Kier molecular flexibility index (Phi) is 4.15. The number of nitrogens with one attached hydrogen (secondary N) is 1. The number of unbranched alkanes of at least 4 members (excludes halogenated alkanes) is 1. The molecule has 0 aliphatic rings. The number of H-pyrrole nitrogens is 1. The van der Waals surface area contributed by atoms with Crippen molar-refractivity contribution in [2.45, 2.75) is 45.4 Å². The highest BCUT2D eigenvalue weighted by atomic mass is 79.9. The first-order valence-corrected chi connectivity index (χ1v) is 7.05. The standard InChI is InChI=1S/C13H18BrN3/c1-3-5-6-9(4-2)12-16-11-7-10(14)8-15-13(11)17-12/h7-9H,3-6H2,1-2H3,(H,15,16,17). The third-order valence-corrected chi connectivity index (χ3v) is 3.54. The van der Waals surface area contributed by atoms with Crippen molar-refractivity contribution < 1.29 is 0 Å². The van der Waals surface area contributed by atoms with E-state index in [1.54, 1.807) is 6.20 Å². The maximum atomic E-state index is 4.59. The van der Waals surface area contributed by atoms with Crippen molar-refractivity contribution in [2.75, 3.05) is 0 Å². The number of pyridine rings is 1. The Hall–Kier alpha value is -0.900. The van der Waals surface area contributed by atoms with E-state index in [4.69, 9.17) is 0 Å². The third kappa shape index (κ3) is 2.86. The van der Waals surface area contributed by atoms with Crippen LogP contribution in [0.3, 0.4) is 0 Å². The summed E-state index contributed by atoms with van der Waals surface area (Å²) < 4.78 is 0.988. The van der Waals surface area contributed by atoms with Crippen LogP contribution < -0.4 is 0 Å². The summed E-state index contributed by atoms with van der Waals surface area (Å²) in [7, 11) is 0. The van der Waals surface area contributed by atoms with Crippen LogP contribution in [0.5, 0.6) is 0 Å². The zero-order chi connectivity index (χ0) is 12.3. The minimum absolute atomic E-state index is 0.530. The molecular formula is C13H18BrN3. The van der Waals surface area contributed by atoms with Gasteiger partial charge in [0, 0.05) is 16.6 Å². The van der Waals surface area contributed by atoms with E-state index in [2.05, 4.69) is 44.7 Å². The van der Waals surface area contributed by atoms with Gasteiger partial charge >= 0.3 is 0 Å². The number of nitrogens with zero attached hydrogens (tertiary/aromatic N) is 2. The molecule has 17 heavy (non-hydrogen) atoms. The van der Waals surface area contributed by atoms with Gasteiger partial charge in [-0.05, 0) is 34.8 Å². The van der Waals surface area contributed by atoms with Crippen molar-refractivity contribution in [1.29, 1.82) is 0 Å². The Morgan fingerprint density at radius 1 is 1.41 bits per heavy atom. The lowest BCUT2D eigenvalue weighted by Gasteiger charge is -2.10. The zero-order valence-electron chi connectivity index (χ0n) is 10.3. The number of hydrogen-bond donors (Lipinski definition) is 1. The Labute approximate surface area is 110 Å². The van der Waals surface area contributed by atoms with Crippen molar-refractivity contribution in [3.63, 3.8) is 0 Å². The van der Waals surface area contributed by atoms with Crippen LogP contribution in [0.4, 0.5) is 0 Å². The lowest BCUT2D eigenvalue weighted by molar-refractivity contribution is 0.549. The normalized spacial score (nSPS) is 13.1. The molecule has 2 rings (SSSR count). The number of halogens is 1. The van der Waals surface area contributed by atoms with E-state index >= 15 is 0 Å². The summed E-state index contributed by atoms with van der Waals surface area (Å²) in [5.74, 6) is 1.62. The fraction of sp³-hybridized carbons (Fsp3) is 0.538. The third-order valence-electron chi connectivity index (χ3n) is 3.11. The molecule has 0 aliphatic carbocycles. The van der Waals surface area contributed by atoms with Crippen LogP contribution in [-0.2, 0) is 0 Å². The SMILES string of the molecule is CCCCC(CC)c1nc2ncc(Br)cc2[nH]1. The van der Waals surface area contributed by atoms with E-state index in [1.807, 2.05) is 6.07 Å². The molecule has 0 aliphatic heterocycles. The average molecular weight is 296 g/mol. The Morgan fingerprint density at radius 3 is 2.94 bits per heavy atom. The molecule has 0 amide bonds. The molecule has 0 radical (unpaired) electrons. The second-order valence-corrected chi connectivity index (χ2v) is 5.31. The summed E-state index contributed by atoms with van der Waals surface area (Å²) in [5.41, 5.74) is 1.84. The van der Waals surface area contributed by atoms with Crippen LogP contribution >= 0.6 is 15.9 Å². The first kappa shape index (κ1) is 12.6. The monoisotopic (exact) mass is 295 g/mol. The van der Waals surface area contributed by atoms with Crippen molar-refractivity contribution in [2.24, 2.45) is 0 Å². The molecule has 0 aromatic carbocycles. The first-order chi connectivity index (χ1) is 8.24. The van der Waals surface area contributed by atoms with Crippen molar-refractivity contribution in [3.05, 3.63) is 22.6 Å². The van der Waals surface area contributed by atoms with Crippen LogP contribution in [0.25, 0.3) is 11.2 Å². The van der Waals surface area contributed by atoms with Crippen LogP contribution in [0.15, 0.2) is 16.7 Å². The second-order valence-electron chi connectivity index (χ2n) is 4.39. The molecule has 2 heterocycles. The number of fused-ring (bicyclic) bond motifs is 1. The fourth-order valence-electron chi connectivity index (χ4n) is 2.07. The largest absolute Gasteiger partial charge is 0.340 e. The Balaban J connectivity index is 2.27. The maximum Gasteiger partial charge on any atom is 0.177 e. The van der Waals surface area contributed by atoms with E-state index in [0.717, 1.165) is 27.9 Å². The van der Waals surface area contributed by atoms with Crippen molar-refractivity contribution in [3.8, 4) is 0 Å². The molecule has 0 bridgehead atoms. The van der Waals surface area contributed by atoms with Crippen LogP contribution in [-0.4, -0.2) is 15.0 Å². The number of hydrogen-bond acceptors (Lipinski definition) is 2. The van der Waals surface area contributed by atoms with Gasteiger partial charge in [-0.15, -0.1) is 0 Å². The van der Waals surface area contributed by atoms with E-state index < -0.39 is 0 Å². The topological polar surface area (TPSA) is 41.6 Å². The molecule has 2 aromatic heterocycles. The molecule has 1 unspecified atom stereocenters. The summed E-state index contributed by atoms with van der Waals surface area (Å²) in [4.78, 5) is 12.3. The van der Waals surface area contributed by atoms with Gasteiger partial charge in [-0.25, -0.2) is 9.97 Å². The molecule has 0 fully saturated rings. The number of imidazole rings is 1. The minimum atomic E-state index is 0.530. The van der Waals surface area contributed by atoms with Gasteiger partial charge in [0.15, 0.2) is 5.65 Å². The Bertz CT molecular complexity index is 492. The van der Waals surface area contributed by atoms with Gasteiger partial charge < -0.3 is 4.98 Å². The van der Waals surface area contributed by atoms with Gasteiger partial charge in [-0.1, -0.05) is 26.7 Å². The molecule has 1 N–H and O–H groups in total. The highest BCUT2D eigenvalue weighted by molar-refractivity contribution is 9.10. The molecule has 2 aromatic rings. The van der Waals surface area contributed by atoms with Gasteiger partial charge in [-0.3, -0.25) is 0 Å². The van der Waals surface area contributed by atoms with Crippen molar-refractivity contribution in [1.82, 2.24) is 15.0 Å². The number of aromatic amines is 1. The molecule has 0 saturated heterocycles. The Morgan fingerprint density at radius 2 is 2.24 bits per heavy atom. The second kappa shape index (κ2) is 5.63. The van der Waals surface area contributed by atoms with E-state index in [1.165, 1.54) is 19.3 Å². The average Bonchev–Trinajstić information content (AvgIpc) is 2.72. The molecule has 0 saturated carbocycles. The van der Waals surface area contributed by atoms with Crippen LogP contribution in [0, 0.1) is 0 Å². The first-order valence-electron chi connectivity index (χ1n) is 6.25. The van der Waals surface area contributed by atoms with E-state index in [0.29, 0.717) is 5.92 Å². The minimum Gasteiger partial charge on any atom is -0.340 e. The van der Waals surface area contributed by atoms with Crippen LogP contribution in [0.1, 0.15) is 51.3 Å². The maximum absolute atomic E-state index is 4.59. The predicted molar refractivity (Wildman–Crippen MR) is 74.1 cm³/mol.